The lowest BCUT2D eigenvalue weighted by atomic mass is 9.73. The molecule has 1 aromatic heterocycles. The van der Waals surface area contributed by atoms with Gasteiger partial charge in [0, 0.05) is 5.92 Å². The van der Waals surface area contributed by atoms with E-state index in [1.165, 1.54) is 12.8 Å². The molecule has 1 saturated carbocycles. The number of aromatic nitrogens is 2. The van der Waals surface area contributed by atoms with Crippen molar-refractivity contribution in [2.24, 2.45) is 5.41 Å². The van der Waals surface area contributed by atoms with Crippen LogP contribution in [0.25, 0.3) is 0 Å². The van der Waals surface area contributed by atoms with Gasteiger partial charge in [-0.1, -0.05) is 19.0 Å². The van der Waals surface area contributed by atoms with Crippen molar-refractivity contribution in [3.8, 4) is 0 Å². The van der Waals surface area contributed by atoms with Gasteiger partial charge in [0.15, 0.2) is 5.82 Å². The summed E-state index contributed by atoms with van der Waals surface area (Å²) in [5, 5.41) is 3.74. The topological polar surface area (TPSA) is 58.9 Å². The van der Waals surface area contributed by atoms with Crippen LogP contribution in [0.1, 0.15) is 51.3 Å². The molecule has 1 aliphatic rings. The number of hydrogen-bond acceptors (Lipinski definition) is 3. The van der Waals surface area contributed by atoms with Gasteiger partial charge in [-0.25, -0.2) is 4.79 Å². The maximum atomic E-state index is 10.8. The van der Waals surface area contributed by atoms with Crippen molar-refractivity contribution in [2.45, 2.75) is 45.4 Å². The molecule has 1 heterocycles. The van der Waals surface area contributed by atoms with Crippen molar-refractivity contribution in [1.29, 1.82) is 0 Å². The van der Waals surface area contributed by atoms with E-state index in [1.807, 2.05) is 0 Å². The average Bonchev–Trinajstić information content (AvgIpc) is 2.52. The number of nitrogens with one attached hydrogen (secondary N) is 1. The molecular weight excluding hydrogens is 180 g/mol. The minimum absolute atomic E-state index is 0.384. The number of hydrogen-bond donors (Lipinski definition) is 1. The Morgan fingerprint density at radius 2 is 2.07 bits per heavy atom. The highest BCUT2D eigenvalue weighted by atomic mass is 16.5. The van der Waals surface area contributed by atoms with Gasteiger partial charge >= 0.3 is 5.76 Å². The van der Waals surface area contributed by atoms with Gasteiger partial charge in [-0.2, -0.15) is 0 Å². The quantitative estimate of drug-likeness (QED) is 0.747. The first-order valence-corrected chi connectivity index (χ1v) is 5.13. The zero-order chi connectivity index (χ0) is 10.2. The molecule has 4 nitrogen and oxygen atoms in total. The standard InChI is InChI=1S/C10H16N2O2/c1-10(2)5-3-7(4-6-10)8-11-9(13)14-12-8/h7H,3-6H2,1-2H3,(H,11,12,13). The van der Waals surface area contributed by atoms with Gasteiger partial charge < -0.3 is 0 Å². The van der Waals surface area contributed by atoms with Gasteiger partial charge in [0.05, 0.1) is 0 Å². The summed E-state index contributed by atoms with van der Waals surface area (Å²) in [6, 6.07) is 0. The van der Waals surface area contributed by atoms with Crippen molar-refractivity contribution in [3.05, 3.63) is 16.4 Å². The SMILES string of the molecule is CC1(C)CCC(c2noc(=O)[nH]2)CC1. The van der Waals surface area contributed by atoms with Crippen molar-refractivity contribution >= 4 is 0 Å². The van der Waals surface area contributed by atoms with Crippen LogP contribution in [0.3, 0.4) is 0 Å². The second kappa shape index (κ2) is 3.26. The molecule has 1 fully saturated rings. The molecule has 0 saturated heterocycles. The predicted molar refractivity (Wildman–Crippen MR) is 52.1 cm³/mol. The number of nitrogens with zero attached hydrogens (tertiary/aromatic N) is 1. The zero-order valence-corrected chi connectivity index (χ0v) is 8.67. The smallest absolute Gasteiger partial charge is 0.296 e. The van der Waals surface area contributed by atoms with Crippen LogP contribution >= 0.6 is 0 Å². The van der Waals surface area contributed by atoms with Crippen LogP contribution in [0.2, 0.25) is 0 Å². The van der Waals surface area contributed by atoms with E-state index >= 15 is 0 Å². The molecule has 0 bridgehead atoms. The van der Waals surface area contributed by atoms with E-state index < -0.39 is 5.76 Å². The fraction of sp³-hybridized carbons (Fsp3) is 0.800. The highest BCUT2D eigenvalue weighted by Crippen LogP contribution is 2.41. The first-order chi connectivity index (χ1) is 6.57. The molecule has 0 spiro atoms. The van der Waals surface area contributed by atoms with Crippen LogP contribution in [0, 0.1) is 5.41 Å². The molecule has 0 aliphatic heterocycles. The molecule has 0 amide bonds. The number of H-pyrrole nitrogens is 1. The van der Waals surface area contributed by atoms with Gasteiger partial charge in [-0.3, -0.25) is 9.51 Å². The summed E-state index contributed by atoms with van der Waals surface area (Å²) >= 11 is 0. The molecule has 2 rings (SSSR count). The third kappa shape index (κ3) is 1.89. The van der Waals surface area contributed by atoms with Gasteiger partial charge in [-0.15, -0.1) is 0 Å². The molecule has 1 N–H and O–H groups in total. The Hall–Kier alpha value is -1.06. The van der Waals surface area contributed by atoms with E-state index in [9.17, 15) is 4.79 Å². The highest BCUT2D eigenvalue weighted by molar-refractivity contribution is 4.96. The predicted octanol–water partition coefficient (Wildman–Crippen LogP) is 2.05. The summed E-state index contributed by atoms with van der Waals surface area (Å²) in [4.78, 5) is 13.4. The van der Waals surface area contributed by atoms with Crippen LogP contribution in [0.15, 0.2) is 9.32 Å². The van der Waals surface area contributed by atoms with Crippen LogP contribution < -0.4 is 5.76 Å². The van der Waals surface area contributed by atoms with Crippen LogP contribution in [-0.2, 0) is 0 Å². The summed E-state index contributed by atoms with van der Waals surface area (Å²) in [5.41, 5.74) is 0.445. The molecule has 0 atom stereocenters. The average molecular weight is 196 g/mol. The number of rotatable bonds is 1. The normalized spacial score (nSPS) is 22.4. The van der Waals surface area contributed by atoms with E-state index in [0.717, 1.165) is 18.7 Å². The lowest BCUT2D eigenvalue weighted by Gasteiger charge is -2.32. The van der Waals surface area contributed by atoms with E-state index in [-0.39, 0.29) is 0 Å². The first kappa shape index (κ1) is 9.49. The molecular formula is C10H16N2O2. The van der Waals surface area contributed by atoms with Crippen LogP contribution in [-0.4, -0.2) is 10.1 Å². The largest absolute Gasteiger partial charge is 0.438 e. The van der Waals surface area contributed by atoms with Gasteiger partial charge in [0.25, 0.3) is 0 Å². The fourth-order valence-corrected chi connectivity index (χ4v) is 2.09. The van der Waals surface area contributed by atoms with Crippen LogP contribution in [0.5, 0.6) is 0 Å². The highest BCUT2D eigenvalue weighted by Gasteiger charge is 2.29. The second-order valence-electron chi connectivity index (χ2n) is 4.92. The Kier molecular flexibility index (Phi) is 2.21. The van der Waals surface area contributed by atoms with E-state index in [0.29, 0.717) is 11.3 Å². The summed E-state index contributed by atoms with van der Waals surface area (Å²) in [6.07, 6.45) is 4.56. The third-order valence-electron chi connectivity index (χ3n) is 3.18. The Morgan fingerprint density at radius 1 is 1.43 bits per heavy atom. The molecule has 4 heteroatoms. The molecule has 0 aromatic carbocycles. The van der Waals surface area contributed by atoms with E-state index in [4.69, 9.17) is 0 Å². The van der Waals surface area contributed by atoms with Crippen molar-refractivity contribution in [3.63, 3.8) is 0 Å². The molecule has 1 aliphatic carbocycles. The summed E-state index contributed by atoms with van der Waals surface area (Å²) < 4.78 is 4.51. The lowest BCUT2D eigenvalue weighted by Crippen LogP contribution is -2.21. The van der Waals surface area contributed by atoms with Crippen molar-refractivity contribution in [2.75, 3.05) is 0 Å². The molecule has 0 radical (unpaired) electrons. The second-order valence-corrected chi connectivity index (χ2v) is 4.92. The zero-order valence-electron chi connectivity index (χ0n) is 8.67. The number of aromatic amines is 1. The molecule has 1 aromatic rings. The Labute approximate surface area is 82.7 Å². The summed E-state index contributed by atoms with van der Waals surface area (Å²) in [6.45, 7) is 4.57. The lowest BCUT2D eigenvalue weighted by molar-refractivity contribution is 0.218. The van der Waals surface area contributed by atoms with Crippen molar-refractivity contribution < 1.29 is 4.52 Å². The Morgan fingerprint density at radius 3 is 2.57 bits per heavy atom. The van der Waals surface area contributed by atoms with Gasteiger partial charge in [0.1, 0.15) is 0 Å². The third-order valence-corrected chi connectivity index (χ3v) is 3.18. The van der Waals surface area contributed by atoms with E-state index in [1.54, 1.807) is 0 Å². The molecule has 0 unspecified atom stereocenters. The van der Waals surface area contributed by atoms with Gasteiger partial charge in [-0.05, 0) is 31.1 Å². The fourth-order valence-electron chi connectivity index (χ4n) is 2.09. The minimum Gasteiger partial charge on any atom is -0.296 e. The maximum Gasteiger partial charge on any atom is 0.438 e. The van der Waals surface area contributed by atoms with Crippen molar-refractivity contribution in [1.82, 2.24) is 10.1 Å². The molecule has 78 valence electrons. The molecule has 14 heavy (non-hydrogen) atoms. The minimum atomic E-state index is -0.440. The van der Waals surface area contributed by atoms with Gasteiger partial charge in [0.2, 0.25) is 0 Å². The Balaban J connectivity index is 2.06. The maximum absolute atomic E-state index is 10.8. The monoisotopic (exact) mass is 196 g/mol. The Bertz CT molecular complexity index is 354. The summed E-state index contributed by atoms with van der Waals surface area (Å²) in [5.74, 6) is 0.671. The summed E-state index contributed by atoms with van der Waals surface area (Å²) in [7, 11) is 0. The van der Waals surface area contributed by atoms with E-state index in [2.05, 4.69) is 28.5 Å². The first-order valence-electron chi connectivity index (χ1n) is 5.13. The van der Waals surface area contributed by atoms with Crippen LogP contribution in [0.4, 0.5) is 0 Å².